The summed E-state index contributed by atoms with van der Waals surface area (Å²) >= 11 is 0. The van der Waals surface area contributed by atoms with E-state index in [9.17, 15) is 13.2 Å². The number of nitrogen functional groups attached to an aromatic ring is 1. The Hall–Kier alpha value is -3.69. The van der Waals surface area contributed by atoms with E-state index < -0.39 is 10.0 Å². The van der Waals surface area contributed by atoms with E-state index in [2.05, 4.69) is 10.6 Å². The van der Waals surface area contributed by atoms with Crippen molar-refractivity contribution in [1.29, 1.82) is 5.41 Å². The second kappa shape index (κ2) is 9.63. The number of nitrogens with two attached hydrogens (primary N) is 2. The number of urea groups is 1. The molecular weight excluding hydrogens is 426 g/mol. The van der Waals surface area contributed by atoms with Gasteiger partial charge < -0.3 is 16.4 Å². The second-order valence-electron chi connectivity index (χ2n) is 7.44. The number of rotatable bonds is 7. The van der Waals surface area contributed by atoms with Crippen molar-refractivity contribution in [2.24, 2.45) is 10.9 Å². The number of carbonyl (C=O) groups excluding carboxylic acids is 1. The van der Waals surface area contributed by atoms with Crippen LogP contribution in [0.2, 0.25) is 0 Å². The van der Waals surface area contributed by atoms with Gasteiger partial charge in [-0.2, -0.15) is 0 Å². The van der Waals surface area contributed by atoms with E-state index in [1.165, 1.54) is 6.07 Å². The van der Waals surface area contributed by atoms with Gasteiger partial charge in [-0.05, 0) is 48.7 Å². The van der Waals surface area contributed by atoms with E-state index in [0.717, 1.165) is 5.56 Å². The fraction of sp³-hybridized carbons (Fsp3) is 0.130. The highest BCUT2D eigenvalue weighted by molar-refractivity contribution is 7.89. The number of carbonyl (C=O) groups is 1. The maximum absolute atomic E-state index is 12.4. The summed E-state index contributed by atoms with van der Waals surface area (Å²) in [5.41, 5.74) is 8.85. The summed E-state index contributed by atoms with van der Waals surface area (Å²) in [6.45, 7) is 1.88. The predicted octanol–water partition coefficient (Wildman–Crippen LogP) is 3.04. The molecule has 0 aliphatic heterocycles. The van der Waals surface area contributed by atoms with Crippen molar-refractivity contribution in [2.75, 3.05) is 5.32 Å². The third kappa shape index (κ3) is 5.93. The van der Waals surface area contributed by atoms with E-state index >= 15 is 0 Å². The fourth-order valence-corrected chi connectivity index (χ4v) is 4.11. The molecule has 9 heteroatoms. The molecule has 0 aliphatic carbocycles. The quantitative estimate of drug-likeness (QED) is 0.277. The topological polar surface area (TPSA) is 151 Å². The van der Waals surface area contributed by atoms with Crippen molar-refractivity contribution in [3.63, 3.8) is 0 Å². The SMILES string of the molecule is CC(Cc1cccc(C(=N)N)c1)NC(=O)Nc1ccc(-c2ccccc2S(N)(=O)=O)cc1. The number of amides is 2. The van der Waals surface area contributed by atoms with Crippen LogP contribution in [0.5, 0.6) is 0 Å². The van der Waals surface area contributed by atoms with Crippen molar-refractivity contribution in [3.8, 4) is 11.1 Å². The molecule has 0 aromatic heterocycles. The lowest BCUT2D eigenvalue weighted by Gasteiger charge is -2.15. The van der Waals surface area contributed by atoms with Crippen LogP contribution < -0.4 is 21.5 Å². The number of amidine groups is 1. The van der Waals surface area contributed by atoms with Crippen LogP contribution in [0, 0.1) is 5.41 Å². The Morgan fingerprint density at radius 2 is 1.72 bits per heavy atom. The Balaban J connectivity index is 1.63. The van der Waals surface area contributed by atoms with Gasteiger partial charge in [0, 0.05) is 22.9 Å². The number of sulfonamides is 1. The first-order chi connectivity index (χ1) is 15.1. The molecule has 0 saturated carbocycles. The van der Waals surface area contributed by atoms with Crippen molar-refractivity contribution in [3.05, 3.63) is 83.9 Å². The lowest BCUT2D eigenvalue weighted by Crippen LogP contribution is -2.37. The summed E-state index contributed by atoms with van der Waals surface area (Å²) in [4.78, 5) is 12.4. The molecule has 2 amide bonds. The van der Waals surface area contributed by atoms with E-state index in [1.807, 2.05) is 25.1 Å². The summed E-state index contributed by atoms with van der Waals surface area (Å²) in [5, 5.41) is 18.5. The first-order valence-corrected chi connectivity index (χ1v) is 11.4. The molecule has 0 aliphatic rings. The van der Waals surface area contributed by atoms with Crippen LogP contribution in [0.15, 0.2) is 77.7 Å². The number of hydrogen-bond acceptors (Lipinski definition) is 4. The summed E-state index contributed by atoms with van der Waals surface area (Å²) in [7, 11) is -3.86. The highest BCUT2D eigenvalue weighted by atomic mass is 32.2. The molecule has 3 aromatic rings. The summed E-state index contributed by atoms with van der Waals surface area (Å²) in [5.74, 6) is 0.000313. The molecule has 0 spiro atoms. The molecule has 0 heterocycles. The average Bonchev–Trinajstić information content (AvgIpc) is 2.73. The number of primary sulfonamides is 1. The van der Waals surface area contributed by atoms with Gasteiger partial charge in [-0.1, -0.05) is 48.5 Å². The Bertz CT molecular complexity index is 1240. The number of hydrogen-bond donors (Lipinski definition) is 5. The molecule has 3 aromatic carbocycles. The van der Waals surface area contributed by atoms with Crippen molar-refractivity contribution >= 4 is 27.6 Å². The van der Waals surface area contributed by atoms with Gasteiger partial charge in [0.15, 0.2) is 0 Å². The lowest BCUT2D eigenvalue weighted by molar-refractivity contribution is 0.249. The van der Waals surface area contributed by atoms with Crippen LogP contribution in [0.3, 0.4) is 0 Å². The van der Waals surface area contributed by atoms with Gasteiger partial charge >= 0.3 is 6.03 Å². The van der Waals surface area contributed by atoms with Gasteiger partial charge in [0.2, 0.25) is 10.0 Å². The maximum Gasteiger partial charge on any atom is 0.319 e. The molecule has 8 nitrogen and oxygen atoms in total. The van der Waals surface area contributed by atoms with Crippen molar-refractivity contribution in [1.82, 2.24) is 5.32 Å². The second-order valence-corrected chi connectivity index (χ2v) is 8.97. The van der Waals surface area contributed by atoms with Crippen LogP contribution in [-0.4, -0.2) is 26.3 Å². The summed E-state index contributed by atoms with van der Waals surface area (Å²) in [6, 6.07) is 20.1. The normalized spacial score (nSPS) is 12.1. The smallest absolute Gasteiger partial charge is 0.319 e. The Kier molecular flexibility index (Phi) is 6.92. The van der Waals surface area contributed by atoms with Crippen LogP contribution in [0.4, 0.5) is 10.5 Å². The van der Waals surface area contributed by atoms with Crippen LogP contribution >= 0.6 is 0 Å². The van der Waals surface area contributed by atoms with Crippen molar-refractivity contribution < 1.29 is 13.2 Å². The number of benzene rings is 3. The molecule has 1 atom stereocenters. The molecule has 32 heavy (non-hydrogen) atoms. The molecule has 0 fully saturated rings. The summed E-state index contributed by atoms with van der Waals surface area (Å²) in [6.07, 6.45) is 0.581. The Labute approximate surface area is 187 Å². The van der Waals surface area contributed by atoms with E-state index in [0.29, 0.717) is 28.8 Å². The monoisotopic (exact) mass is 451 g/mol. The third-order valence-electron chi connectivity index (χ3n) is 4.80. The van der Waals surface area contributed by atoms with Gasteiger partial charge in [0.05, 0.1) is 4.90 Å². The van der Waals surface area contributed by atoms with Gasteiger partial charge in [-0.25, -0.2) is 18.4 Å². The Morgan fingerprint density at radius 1 is 1.03 bits per heavy atom. The van der Waals surface area contributed by atoms with Gasteiger partial charge in [0.1, 0.15) is 5.84 Å². The van der Waals surface area contributed by atoms with E-state index in [4.69, 9.17) is 16.3 Å². The van der Waals surface area contributed by atoms with Gasteiger partial charge in [-0.15, -0.1) is 0 Å². The van der Waals surface area contributed by atoms with Gasteiger partial charge in [0.25, 0.3) is 0 Å². The summed E-state index contributed by atoms with van der Waals surface area (Å²) < 4.78 is 23.6. The van der Waals surface area contributed by atoms with E-state index in [1.54, 1.807) is 48.5 Å². The van der Waals surface area contributed by atoms with Crippen LogP contribution in [0.25, 0.3) is 11.1 Å². The minimum atomic E-state index is -3.86. The zero-order chi connectivity index (χ0) is 23.3. The first-order valence-electron chi connectivity index (χ1n) is 9.86. The lowest BCUT2D eigenvalue weighted by atomic mass is 10.0. The molecule has 166 valence electrons. The van der Waals surface area contributed by atoms with Crippen LogP contribution in [0.1, 0.15) is 18.1 Å². The zero-order valence-electron chi connectivity index (χ0n) is 17.5. The van der Waals surface area contributed by atoms with Crippen LogP contribution in [-0.2, 0) is 16.4 Å². The predicted molar refractivity (Wildman–Crippen MR) is 126 cm³/mol. The van der Waals surface area contributed by atoms with Gasteiger partial charge in [-0.3, -0.25) is 5.41 Å². The van der Waals surface area contributed by atoms with Crippen molar-refractivity contribution in [2.45, 2.75) is 24.3 Å². The number of anilines is 1. The molecular formula is C23H25N5O3S. The third-order valence-corrected chi connectivity index (χ3v) is 5.77. The molecule has 0 bridgehead atoms. The molecule has 1 unspecified atom stereocenters. The minimum absolute atomic E-state index is 0.000313. The number of nitrogens with one attached hydrogen (secondary N) is 3. The Morgan fingerprint density at radius 3 is 2.38 bits per heavy atom. The largest absolute Gasteiger partial charge is 0.384 e. The maximum atomic E-state index is 12.4. The first kappa shape index (κ1) is 23.0. The minimum Gasteiger partial charge on any atom is -0.384 e. The van der Waals surface area contributed by atoms with E-state index in [-0.39, 0.29) is 22.8 Å². The fourth-order valence-electron chi connectivity index (χ4n) is 3.35. The highest BCUT2D eigenvalue weighted by Gasteiger charge is 2.15. The molecule has 3 rings (SSSR count). The standard InChI is InChI=1S/C23H25N5O3S/c1-15(13-16-5-4-6-18(14-16)22(24)25)27-23(29)28-19-11-9-17(10-12-19)20-7-2-3-8-21(20)32(26,30)31/h2-12,14-15H,13H2,1H3,(H3,24,25)(H2,26,30,31)(H2,27,28,29). The molecule has 7 N–H and O–H groups in total. The average molecular weight is 452 g/mol. The highest BCUT2D eigenvalue weighted by Crippen LogP contribution is 2.27. The molecule has 0 saturated heterocycles. The zero-order valence-corrected chi connectivity index (χ0v) is 18.3. The molecule has 0 radical (unpaired) electrons.